The minimum atomic E-state index is -1.11. The monoisotopic (exact) mass is 291 g/mol. The zero-order valence-electron chi connectivity index (χ0n) is 12.5. The van der Waals surface area contributed by atoms with Crippen molar-refractivity contribution in [2.45, 2.75) is 38.3 Å². The molecule has 114 valence electrons. The Morgan fingerprint density at radius 2 is 2.05 bits per heavy atom. The Balaban J connectivity index is 2.12. The summed E-state index contributed by atoms with van der Waals surface area (Å²) in [6, 6.07) is 3.45. The smallest absolute Gasteiger partial charge is 0.329 e. The van der Waals surface area contributed by atoms with E-state index in [9.17, 15) is 14.7 Å². The van der Waals surface area contributed by atoms with Gasteiger partial charge in [-0.3, -0.25) is 4.98 Å². The van der Waals surface area contributed by atoms with Crippen LogP contribution >= 0.6 is 0 Å². The first-order valence-corrected chi connectivity index (χ1v) is 7.10. The van der Waals surface area contributed by atoms with Gasteiger partial charge in [-0.25, -0.2) is 9.59 Å². The molecule has 0 bridgehead atoms. The van der Waals surface area contributed by atoms with Crippen LogP contribution in [0.15, 0.2) is 24.5 Å². The molecule has 2 rings (SSSR count). The number of carbonyl (C=O) groups excluding carboxylic acids is 1. The highest BCUT2D eigenvalue weighted by Gasteiger charge is 2.44. The standard InChI is InChI=1S/C15H21N3O3/c1-15(13(19)20)7-3-4-10-18(15)14(21)17(2)11-12-5-8-16-9-6-12/h5-6,8-9H,3-4,7,10-11H2,1-2H3,(H,19,20). The van der Waals surface area contributed by atoms with Gasteiger partial charge in [0.05, 0.1) is 0 Å². The van der Waals surface area contributed by atoms with Crippen LogP contribution in [0.2, 0.25) is 0 Å². The Bertz CT molecular complexity index is 520. The Morgan fingerprint density at radius 3 is 2.67 bits per heavy atom. The molecule has 2 heterocycles. The van der Waals surface area contributed by atoms with Crippen molar-refractivity contribution in [3.63, 3.8) is 0 Å². The highest BCUT2D eigenvalue weighted by molar-refractivity contribution is 5.86. The number of likely N-dealkylation sites (tertiary alicyclic amines) is 1. The lowest BCUT2D eigenvalue weighted by Crippen LogP contribution is -2.60. The molecule has 6 nitrogen and oxygen atoms in total. The molecule has 1 N–H and O–H groups in total. The van der Waals surface area contributed by atoms with Gasteiger partial charge in [-0.2, -0.15) is 0 Å². The minimum Gasteiger partial charge on any atom is -0.480 e. The van der Waals surface area contributed by atoms with E-state index in [4.69, 9.17) is 0 Å². The van der Waals surface area contributed by atoms with Crippen LogP contribution < -0.4 is 0 Å². The summed E-state index contributed by atoms with van der Waals surface area (Å²) in [6.07, 6.45) is 5.53. The first-order valence-electron chi connectivity index (χ1n) is 7.10. The molecule has 6 heteroatoms. The first kappa shape index (κ1) is 15.3. The van der Waals surface area contributed by atoms with Crippen LogP contribution in [0.25, 0.3) is 0 Å². The maximum Gasteiger partial charge on any atom is 0.329 e. The van der Waals surface area contributed by atoms with Gasteiger partial charge in [-0.15, -0.1) is 0 Å². The van der Waals surface area contributed by atoms with Crippen LogP contribution in [0.4, 0.5) is 4.79 Å². The molecule has 1 aliphatic heterocycles. The number of piperidine rings is 1. The fourth-order valence-electron chi connectivity index (χ4n) is 2.69. The number of carbonyl (C=O) groups is 2. The molecule has 1 fully saturated rings. The normalized spacial score (nSPS) is 21.9. The summed E-state index contributed by atoms with van der Waals surface area (Å²) < 4.78 is 0. The van der Waals surface area contributed by atoms with Crippen LogP contribution in [-0.2, 0) is 11.3 Å². The van der Waals surface area contributed by atoms with Crippen molar-refractivity contribution in [2.75, 3.05) is 13.6 Å². The van der Waals surface area contributed by atoms with Crippen molar-refractivity contribution in [2.24, 2.45) is 0 Å². The zero-order valence-corrected chi connectivity index (χ0v) is 12.5. The number of carboxylic acid groups (broad SMARTS) is 1. The van der Waals surface area contributed by atoms with Gasteiger partial charge in [0, 0.05) is 32.5 Å². The molecular weight excluding hydrogens is 270 g/mol. The van der Waals surface area contributed by atoms with Gasteiger partial charge < -0.3 is 14.9 Å². The van der Waals surface area contributed by atoms with E-state index in [1.54, 1.807) is 31.3 Å². The average Bonchev–Trinajstić information content (AvgIpc) is 2.48. The number of amides is 2. The molecule has 1 unspecified atom stereocenters. The largest absolute Gasteiger partial charge is 0.480 e. The van der Waals surface area contributed by atoms with Crippen molar-refractivity contribution in [1.82, 2.24) is 14.8 Å². The lowest BCUT2D eigenvalue weighted by molar-refractivity contribution is -0.150. The Labute approximate surface area is 124 Å². The van der Waals surface area contributed by atoms with Crippen LogP contribution in [-0.4, -0.2) is 51.0 Å². The highest BCUT2D eigenvalue weighted by Crippen LogP contribution is 2.29. The van der Waals surface area contributed by atoms with E-state index < -0.39 is 11.5 Å². The van der Waals surface area contributed by atoms with E-state index in [1.807, 2.05) is 12.1 Å². The van der Waals surface area contributed by atoms with Crippen molar-refractivity contribution >= 4 is 12.0 Å². The van der Waals surface area contributed by atoms with Gasteiger partial charge in [0.15, 0.2) is 0 Å². The number of rotatable bonds is 3. The third kappa shape index (κ3) is 3.15. The molecule has 0 aliphatic carbocycles. The summed E-state index contributed by atoms with van der Waals surface area (Å²) in [7, 11) is 1.69. The van der Waals surface area contributed by atoms with E-state index in [-0.39, 0.29) is 6.03 Å². The van der Waals surface area contributed by atoms with Crippen molar-refractivity contribution in [1.29, 1.82) is 0 Å². The zero-order chi connectivity index (χ0) is 15.5. The maximum absolute atomic E-state index is 12.6. The summed E-state index contributed by atoms with van der Waals surface area (Å²) in [6.45, 7) is 2.56. The summed E-state index contributed by atoms with van der Waals surface area (Å²) in [5.41, 5.74) is -0.142. The van der Waals surface area contributed by atoms with E-state index in [0.29, 0.717) is 19.5 Å². The third-order valence-corrected chi connectivity index (χ3v) is 4.08. The van der Waals surface area contributed by atoms with Gasteiger partial charge in [0.1, 0.15) is 5.54 Å². The summed E-state index contributed by atoms with van der Waals surface area (Å²) in [5, 5.41) is 9.47. The molecule has 21 heavy (non-hydrogen) atoms. The van der Waals surface area contributed by atoms with Crippen LogP contribution in [0.5, 0.6) is 0 Å². The number of carboxylic acids is 1. The Kier molecular flexibility index (Phi) is 4.45. The number of urea groups is 1. The van der Waals surface area contributed by atoms with Gasteiger partial charge in [0.25, 0.3) is 0 Å². The first-order chi connectivity index (χ1) is 9.95. The minimum absolute atomic E-state index is 0.239. The van der Waals surface area contributed by atoms with Gasteiger partial charge >= 0.3 is 12.0 Å². The SMILES string of the molecule is CN(Cc1ccncc1)C(=O)N1CCCCC1(C)C(=O)O. The quantitative estimate of drug-likeness (QED) is 0.924. The average molecular weight is 291 g/mol. The molecule has 1 saturated heterocycles. The molecule has 0 aromatic carbocycles. The molecule has 1 atom stereocenters. The van der Waals surface area contributed by atoms with Crippen LogP contribution in [0.1, 0.15) is 31.7 Å². The van der Waals surface area contributed by atoms with Gasteiger partial charge in [0.2, 0.25) is 0 Å². The summed E-state index contributed by atoms with van der Waals surface area (Å²) in [4.78, 5) is 31.1. The number of aromatic nitrogens is 1. The Hall–Kier alpha value is -2.11. The second-order valence-corrected chi connectivity index (χ2v) is 5.68. The molecule has 2 amide bonds. The van der Waals surface area contributed by atoms with Crippen molar-refractivity contribution in [3.8, 4) is 0 Å². The highest BCUT2D eigenvalue weighted by atomic mass is 16.4. The lowest BCUT2D eigenvalue weighted by atomic mass is 9.89. The predicted molar refractivity (Wildman–Crippen MR) is 77.7 cm³/mol. The fraction of sp³-hybridized carbons (Fsp3) is 0.533. The number of nitrogens with zero attached hydrogens (tertiary/aromatic N) is 3. The van der Waals surface area contributed by atoms with E-state index in [1.165, 1.54) is 4.90 Å². The van der Waals surface area contributed by atoms with E-state index in [0.717, 1.165) is 18.4 Å². The number of aliphatic carboxylic acids is 1. The molecule has 0 saturated carbocycles. The molecule has 1 aromatic heterocycles. The van der Waals surface area contributed by atoms with Crippen molar-refractivity contribution in [3.05, 3.63) is 30.1 Å². The number of hydrogen-bond acceptors (Lipinski definition) is 3. The van der Waals surface area contributed by atoms with Crippen LogP contribution in [0.3, 0.4) is 0 Å². The second-order valence-electron chi connectivity index (χ2n) is 5.68. The lowest BCUT2D eigenvalue weighted by Gasteiger charge is -2.43. The second kappa shape index (κ2) is 6.11. The van der Waals surface area contributed by atoms with E-state index in [2.05, 4.69) is 4.98 Å². The molecule has 1 aliphatic rings. The Morgan fingerprint density at radius 1 is 1.38 bits per heavy atom. The third-order valence-electron chi connectivity index (χ3n) is 4.08. The van der Waals surface area contributed by atoms with Gasteiger partial charge in [-0.1, -0.05) is 0 Å². The molecular formula is C15H21N3O3. The van der Waals surface area contributed by atoms with Crippen molar-refractivity contribution < 1.29 is 14.7 Å². The summed E-state index contributed by atoms with van der Waals surface area (Å²) in [5.74, 6) is -0.937. The molecule has 0 radical (unpaired) electrons. The molecule has 1 aromatic rings. The van der Waals surface area contributed by atoms with E-state index >= 15 is 0 Å². The summed E-state index contributed by atoms with van der Waals surface area (Å²) >= 11 is 0. The maximum atomic E-state index is 12.6. The molecule has 0 spiro atoms. The predicted octanol–water partition coefficient (Wildman–Crippen LogP) is 1.96. The number of pyridine rings is 1. The van der Waals surface area contributed by atoms with Crippen LogP contribution in [0, 0.1) is 0 Å². The topological polar surface area (TPSA) is 73.7 Å². The van der Waals surface area contributed by atoms with Gasteiger partial charge in [-0.05, 0) is 43.9 Å². The fourth-order valence-corrected chi connectivity index (χ4v) is 2.69. The number of hydrogen-bond donors (Lipinski definition) is 1.